The molecule has 1 unspecified atom stereocenters. The van der Waals surface area contributed by atoms with Crippen LogP contribution in [0.15, 0.2) is 60.4 Å². The summed E-state index contributed by atoms with van der Waals surface area (Å²) in [6, 6.07) is 13.7. The Morgan fingerprint density at radius 2 is 1.71 bits per heavy atom. The summed E-state index contributed by atoms with van der Waals surface area (Å²) >= 11 is 0. The van der Waals surface area contributed by atoms with Gasteiger partial charge in [-0.1, -0.05) is 42.5 Å². The van der Waals surface area contributed by atoms with Crippen molar-refractivity contribution in [2.75, 3.05) is 0 Å². The molecule has 0 saturated carbocycles. The van der Waals surface area contributed by atoms with Gasteiger partial charge in [-0.2, -0.15) is 4.72 Å². The minimum atomic E-state index is -4.04. The van der Waals surface area contributed by atoms with Crippen LogP contribution in [0.25, 0.3) is 4.91 Å². The van der Waals surface area contributed by atoms with Crippen molar-refractivity contribution >= 4 is 20.6 Å². The van der Waals surface area contributed by atoms with Gasteiger partial charge in [0.1, 0.15) is 10.7 Å². The van der Waals surface area contributed by atoms with E-state index in [0.29, 0.717) is 0 Å². The van der Waals surface area contributed by atoms with Crippen LogP contribution < -0.4 is 4.72 Å². The zero-order chi connectivity index (χ0) is 17.3. The van der Waals surface area contributed by atoms with Crippen molar-refractivity contribution < 1.29 is 18.4 Å². The van der Waals surface area contributed by atoms with E-state index in [1.807, 2.05) is 30.3 Å². The van der Waals surface area contributed by atoms with E-state index in [1.165, 1.54) is 24.3 Å². The number of benzene rings is 2. The fraction of sp³-hybridized carbons (Fsp3) is 0.125. The zero-order valence-corrected chi connectivity index (χ0v) is 13.2. The largest absolute Gasteiger partial charge is 0.509 e. The second-order valence-corrected chi connectivity index (χ2v) is 7.00. The number of aliphatic hydroxyl groups excluding tert-OH is 1. The van der Waals surface area contributed by atoms with Gasteiger partial charge in [0.05, 0.1) is 16.5 Å². The average molecular weight is 346 g/mol. The molecule has 124 valence electrons. The molecule has 0 amide bonds. The van der Waals surface area contributed by atoms with Crippen molar-refractivity contribution in [3.05, 3.63) is 81.6 Å². The van der Waals surface area contributed by atoms with Crippen molar-refractivity contribution in [2.45, 2.75) is 12.5 Å². The van der Waals surface area contributed by atoms with Crippen LogP contribution in [0.3, 0.4) is 0 Å². The van der Waals surface area contributed by atoms with E-state index in [9.17, 15) is 23.6 Å². The van der Waals surface area contributed by atoms with Gasteiger partial charge in [-0.3, -0.25) is 10.1 Å². The van der Waals surface area contributed by atoms with Crippen molar-refractivity contribution in [2.24, 2.45) is 0 Å². The highest BCUT2D eigenvalue weighted by atomic mass is 32.2. The third-order valence-corrected chi connectivity index (χ3v) is 5.32. The fourth-order valence-corrected chi connectivity index (χ4v) is 4.26. The summed E-state index contributed by atoms with van der Waals surface area (Å²) < 4.78 is 27.2. The Bertz CT molecular complexity index is 922. The lowest BCUT2D eigenvalue weighted by molar-refractivity contribution is -0.385. The van der Waals surface area contributed by atoms with Crippen LogP contribution in [0.5, 0.6) is 0 Å². The number of nitrogens with zero attached hydrogens (tertiary/aromatic N) is 1. The second-order valence-electron chi connectivity index (χ2n) is 5.35. The maximum Gasteiger partial charge on any atom is 0.278 e. The van der Waals surface area contributed by atoms with Gasteiger partial charge >= 0.3 is 0 Å². The molecule has 1 heterocycles. The number of hydrogen-bond acceptors (Lipinski definition) is 5. The zero-order valence-electron chi connectivity index (χ0n) is 12.4. The number of hydrogen-bond donors (Lipinski definition) is 2. The molecule has 0 fully saturated rings. The predicted octanol–water partition coefficient (Wildman–Crippen LogP) is 2.37. The van der Waals surface area contributed by atoms with Crippen molar-refractivity contribution in [1.29, 1.82) is 0 Å². The van der Waals surface area contributed by atoms with Gasteiger partial charge in [0.2, 0.25) is 10.0 Å². The molecular formula is C16H14N2O5S. The normalized spacial score (nSPS) is 19.4. The Morgan fingerprint density at radius 3 is 2.38 bits per heavy atom. The van der Waals surface area contributed by atoms with Crippen molar-refractivity contribution in [1.82, 2.24) is 4.72 Å². The maximum absolute atomic E-state index is 12.4. The summed E-state index contributed by atoms with van der Waals surface area (Å²) in [5, 5.41) is 21.6. The summed E-state index contributed by atoms with van der Waals surface area (Å²) in [6.07, 6.45) is 0.246. The van der Waals surface area contributed by atoms with Crippen molar-refractivity contribution in [3.63, 3.8) is 0 Å². The Morgan fingerprint density at radius 1 is 1.08 bits per heavy atom. The van der Waals surface area contributed by atoms with Crippen LogP contribution in [0.2, 0.25) is 0 Å². The van der Waals surface area contributed by atoms with Crippen LogP contribution in [0.1, 0.15) is 11.1 Å². The smallest absolute Gasteiger partial charge is 0.278 e. The third-order valence-electron chi connectivity index (χ3n) is 3.76. The molecular weight excluding hydrogens is 332 g/mol. The second kappa shape index (κ2) is 6.06. The van der Waals surface area contributed by atoms with Crippen molar-refractivity contribution in [3.8, 4) is 0 Å². The summed E-state index contributed by atoms with van der Waals surface area (Å²) in [7, 11) is -4.04. The minimum Gasteiger partial charge on any atom is -0.509 e. The molecule has 3 rings (SSSR count). The lowest BCUT2D eigenvalue weighted by Crippen LogP contribution is -2.30. The summed E-state index contributed by atoms with van der Waals surface area (Å²) in [6.45, 7) is 0. The molecule has 0 spiro atoms. The Kier molecular flexibility index (Phi) is 4.08. The molecule has 0 radical (unpaired) electrons. The Balaban J connectivity index is 2.07. The number of aliphatic hydroxyl groups is 1. The summed E-state index contributed by atoms with van der Waals surface area (Å²) in [5.41, 5.74) is 0.341. The van der Waals surface area contributed by atoms with Gasteiger partial charge in [-0.15, -0.1) is 0 Å². The SMILES string of the molecule is O=[N+]([O-])c1ccccc1C1=C(O)C(Cc2ccccc2)NS1(=O)=O. The Hall–Kier alpha value is -2.71. The van der Waals surface area contributed by atoms with Crippen LogP contribution in [-0.4, -0.2) is 24.5 Å². The number of rotatable bonds is 4. The van der Waals surface area contributed by atoms with Crippen LogP contribution in [-0.2, 0) is 16.4 Å². The molecule has 0 aliphatic carbocycles. The molecule has 0 bridgehead atoms. The standard InChI is InChI=1S/C16H14N2O5S/c19-15-13(10-11-6-2-1-3-7-11)17-24(22,23)16(15)12-8-4-5-9-14(12)18(20)21/h1-9,13,17,19H,10H2. The fourth-order valence-electron chi connectivity index (χ4n) is 2.69. The van der Waals surface area contributed by atoms with Gasteiger partial charge in [0.25, 0.3) is 5.69 Å². The topological polar surface area (TPSA) is 110 Å². The lowest BCUT2D eigenvalue weighted by Gasteiger charge is -2.09. The molecule has 7 nitrogen and oxygen atoms in total. The molecule has 0 aromatic heterocycles. The highest BCUT2D eigenvalue weighted by molar-refractivity contribution is 7.99. The van der Waals surface area contributed by atoms with E-state index < -0.39 is 31.7 Å². The molecule has 0 saturated heterocycles. The lowest BCUT2D eigenvalue weighted by atomic mass is 10.0. The molecule has 2 N–H and O–H groups in total. The first-order chi connectivity index (χ1) is 11.4. The first-order valence-corrected chi connectivity index (χ1v) is 8.61. The first kappa shape index (κ1) is 16.2. The summed E-state index contributed by atoms with van der Waals surface area (Å²) in [5.74, 6) is -0.409. The molecule has 2 aromatic carbocycles. The van der Waals surface area contributed by atoms with Crippen LogP contribution >= 0.6 is 0 Å². The number of para-hydroxylation sites is 1. The number of nitrogens with one attached hydrogen (secondary N) is 1. The van der Waals surface area contributed by atoms with Crippen LogP contribution in [0, 0.1) is 10.1 Å². The molecule has 1 atom stereocenters. The van der Waals surface area contributed by atoms with E-state index in [2.05, 4.69) is 4.72 Å². The highest BCUT2D eigenvalue weighted by Gasteiger charge is 2.40. The van der Waals surface area contributed by atoms with E-state index in [4.69, 9.17) is 0 Å². The van der Waals surface area contributed by atoms with Gasteiger partial charge < -0.3 is 5.11 Å². The maximum atomic E-state index is 12.4. The summed E-state index contributed by atoms with van der Waals surface area (Å²) in [4.78, 5) is 10.0. The molecule has 8 heteroatoms. The highest BCUT2D eigenvalue weighted by Crippen LogP contribution is 2.36. The van der Waals surface area contributed by atoms with Crippen LogP contribution in [0.4, 0.5) is 5.69 Å². The van der Waals surface area contributed by atoms with E-state index >= 15 is 0 Å². The monoisotopic (exact) mass is 346 g/mol. The minimum absolute atomic E-state index is 0.122. The average Bonchev–Trinajstić information content (AvgIpc) is 2.77. The quantitative estimate of drug-likeness (QED) is 0.652. The number of nitro groups is 1. The van der Waals surface area contributed by atoms with E-state index in [-0.39, 0.29) is 17.7 Å². The van der Waals surface area contributed by atoms with Gasteiger partial charge in [0.15, 0.2) is 0 Å². The van der Waals surface area contributed by atoms with E-state index in [0.717, 1.165) is 5.56 Å². The van der Waals surface area contributed by atoms with Gasteiger partial charge in [-0.05, 0) is 18.1 Å². The van der Waals surface area contributed by atoms with Gasteiger partial charge in [-0.25, -0.2) is 8.42 Å². The first-order valence-electron chi connectivity index (χ1n) is 7.13. The number of sulfonamides is 1. The predicted molar refractivity (Wildman–Crippen MR) is 88.6 cm³/mol. The third kappa shape index (κ3) is 2.89. The number of nitro benzene ring substituents is 1. The van der Waals surface area contributed by atoms with Gasteiger partial charge in [0, 0.05) is 6.07 Å². The molecule has 24 heavy (non-hydrogen) atoms. The Labute approximate surface area is 138 Å². The molecule has 1 aliphatic rings. The molecule has 1 aliphatic heterocycles. The van der Waals surface area contributed by atoms with E-state index in [1.54, 1.807) is 0 Å². The molecule has 2 aromatic rings.